The fourth-order valence-corrected chi connectivity index (χ4v) is 3.07. The lowest BCUT2D eigenvalue weighted by Gasteiger charge is -2.29. The van der Waals surface area contributed by atoms with Gasteiger partial charge >= 0.3 is 0 Å². The van der Waals surface area contributed by atoms with E-state index in [9.17, 15) is 5.11 Å². The minimum Gasteiger partial charge on any atom is -0.392 e. The predicted octanol–water partition coefficient (Wildman–Crippen LogP) is 3.86. The molecule has 2 aromatic rings. The van der Waals surface area contributed by atoms with Gasteiger partial charge in [-0.25, -0.2) is 0 Å². The second-order valence-electron chi connectivity index (χ2n) is 5.81. The fourth-order valence-electron chi connectivity index (χ4n) is 3.07. The maximum Gasteiger partial charge on any atom is 0.0852 e. The van der Waals surface area contributed by atoms with Crippen molar-refractivity contribution in [1.82, 2.24) is 0 Å². The normalized spacial score (nSPS) is 20.6. The van der Waals surface area contributed by atoms with Gasteiger partial charge in [0.25, 0.3) is 0 Å². The summed E-state index contributed by atoms with van der Waals surface area (Å²) in [5.41, 5.74) is 3.77. The number of ether oxygens (including phenoxy) is 1. The Morgan fingerprint density at radius 1 is 1.10 bits per heavy atom. The molecule has 3 rings (SSSR count). The lowest BCUT2D eigenvalue weighted by atomic mass is 9.88. The zero-order valence-corrected chi connectivity index (χ0v) is 12.4. The standard InChI is InChI=1S/C19H22O2/c1-14(15-7-3-2-4-8-15)18(20)13-19-17-10-6-5-9-16(17)11-12-21-19/h2-10,14,18-20H,11-13H2,1H3. The molecule has 0 fully saturated rings. The zero-order valence-electron chi connectivity index (χ0n) is 12.4. The highest BCUT2D eigenvalue weighted by Crippen LogP contribution is 2.33. The molecule has 1 heterocycles. The Labute approximate surface area is 126 Å². The van der Waals surface area contributed by atoms with Crippen molar-refractivity contribution in [3.63, 3.8) is 0 Å². The van der Waals surface area contributed by atoms with Crippen LogP contribution in [0.2, 0.25) is 0 Å². The molecule has 0 radical (unpaired) electrons. The third-order valence-corrected chi connectivity index (χ3v) is 4.45. The van der Waals surface area contributed by atoms with Crippen LogP contribution in [0, 0.1) is 0 Å². The van der Waals surface area contributed by atoms with Crippen LogP contribution in [0.4, 0.5) is 0 Å². The van der Waals surface area contributed by atoms with Crippen LogP contribution in [0.25, 0.3) is 0 Å². The van der Waals surface area contributed by atoms with Gasteiger partial charge in [-0.1, -0.05) is 61.5 Å². The topological polar surface area (TPSA) is 29.5 Å². The first kappa shape index (κ1) is 14.3. The van der Waals surface area contributed by atoms with Crippen molar-refractivity contribution in [2.45, 2.75) is 37.9 Å². The smallest absolute Gasteiger partial charge is 0.0852 e. The highest BCUT2D eigenvalue weighted by molar-refractivity contribution is 5.31. The van der Waals surface area contributed by atoms with Crippen molar-refractivity contribution in [2.24, 2.45) is 0 Å². The Kier molecular flexibility index (Phi) is 4.37. The molecule has 21 heavy (non-hydrogen) atoms. The average molecular weight is 282 g/mol. The summed E-state index contributed by atoms with van der Waals surface area (Å²) in [5, 5.41) is 10.6. The highest BCUT2D eigenvalue weighted by Gasteiger charge is 2.26. The molecular weight excluding hydrogens is 260 g/mol. The predicted molar refractivity (Wildman–Crippen MR) is 84.3 cm³/mol. The monoisotopic (exact) mass is 282 g/mol. The van der Waals surface area contributed by atoms with Crippen molar-refractivity contribution in [1.29, 1.82) is 0 Å². The number of rotatable bonds is 4. The largest absolute Gasteiger partial charge is 0.392 e. The van der Waals surface area contributed by atoms with Crippen molar-refractivity contribution < 1.29 is 9.84 Å². The molecule has 3 atom stereocenters. The van der Waals surface area contributed by atoms with E-state index in [-0.39, 0.29) is 12.0 Å². The maximum atomic E-state index is 10.6. The van der Waals surface area contributed by atoms with Crippen LogP contribution in [0.3, 0.4) is 0 Å². The molecular formula is C19H22O2. The van der Waals surface area contributed by atoms with Crippen molar-refractivity contribution in [3.05, 3.63) is 71.3 Å². The highest BCUT2D eigenvalue weighted by atomic mass is 16.5. The van der Waals surface area contributed by atoms with Crippen LogP contribution in [-0.4, -0.2) is 17.8 Å². The molecule has 1 aliphatic heterocycles. The minimum absolute atomic E-state index is 0.0103. The Bertz CT molecular complexity index is 579. The van der Waals surface area contributed by atoms with Gasteiger partial charge in [0.1, 0.15) is 0 Å². The summed E-state index contributed by atoms with van der Waals surface area (Å²) < 4.78 is 5.90. The molecule has 0 aliphatic carbocycles. The van der Waals surface area contributed by atoms with Gasteiger partial charge in [-0.05, 0) is 23.1 Å². The van der Waals surface area contributed by atoms with E-state index in [0.717, 1.165) is 13.0 Å². The second kappa shape index (κ2) is 6.42. The summed E-state index contributed by atoms with van der Waals surface area (Å²) in [6.07, 6.45) is 1.23. The zero-order chi connectivity index (χ0) is 14.7. The SMILES string of the molecule is CC(c1ccccc1)C(O)CC1OCCc2ccccc21. The lowest BCUT2D eigenvalue weighted by molar-refractivity contribution is -0.000937. The third-order valence-electron chi connectivity index (χ3n) is 4.45. The molecule has 1 N–H and O–H groups in total. The molecule has 110 valence electrons. The van der Waals surface area contributed by atoms with Crippen LogP contribution in [0.15, 0.2) is 54.6 Å². The van der Waals surface area contributed by atoms with E-state index in [0.29, 0.717) is 6.42 Å². The molecule has 0 spiro atoms. The van der Waals surface area contributed by atoms with Gasteiger partial charge in [0.15, 0.2) is 0 Å². The maximum absolute atomic E-state index is 10.6. The van der Waals surface area contributed by atoms with Gasteiger partial charge in [0, 0.05) is 12.3 Å². The molecule has 0 aromatic heterocycles. The van der Waals surface area contributed by atoms with E-state index in [4.69, 9.17) is 4.74 Å². The summed E-state index contributed by atoms with van der Waals surface area (Å²) in [4.78, 5) is 0. The third kappa shape index (κ3) is 3.17. The first-order valence-electron chi connectivity index (χ1n) is 7.68. The van der Waals surface area contributed by atoms with E-state index >= 15 is 0 Å². The van der Waals surface area contributed by atoms with E-state index in [1.54, 1.807) is 0 Å². The van der Waals surface area contributed by atoms with Gasteiger partial charge in [-0.2, -0.15) is 0 Å². The van der Waals surface area contributed by atoms with E-state index < -0.39 is 6.10 Å². The number of benzene rings is 2. The summed E-state index contributed by atoms with van der Waals surface area (Å²) >= 11 is 0. The molecule has 0 amide bonds. The molecule has 0 saturated carbocycles. The van der Waals surface area contributed by atoms with Crippen molar-refractivity contribution in [2.75, 3.05) is 6.61 Å². The molecule has 2 heteroatoms. The molecule has 2 nitrogen and oxygen atoms in total. The van der Waals surface area contributed by atoms with Crippen molar-refractivity contribution >= 4 is 0 Å². The van der Waals surface area contributed by atoms with Gasteiger partial charge in [0.05, 0.1) is 18.8 Å². The Balaban J connectivity index is 1.72. The summed E-state index contributed by atoms with van der Waals surface area (Å²) in [7, 11) is 0. The Morgan fingerprint density at radius 2 is 1.81 bits per heavy atom. The Morgan fingerprint density at radius 3 is 2.62 bits per heavy atom. The van der Waals surface area contributed by atoms with Gasteiger partial charge in [0.2, 0.25) is 0 Å². The molecule has 0 bridgehead atoms. The van der Waals surface area contributed by atoms with Gasteiger partial charge < -0.3 is 9.84 Å². The summed E-state index contributed by atoms with van der Waals surface area (Å²) in [5.74, 6) is 0.115. The van der Waals surface area contributed by atoms with E-state index in [1.165, 1.54) is 16.7 Å². The van der Waals surface area contributed by atoms with Crippen LogP contribution >= 0.6 is 0 Å². The van der Waals surface area contributed by atoms with Crippen LogP contribution in [-0.2, 0) is 11.2 Å². The molecule has 2 aromatic carbocycles. The van der Waals surface area contributed by atoms with E-state index in [2.05, 4.69) is 37.3 Å². The fraction of sp³-hybridized carbons (Fsp3) is 0.368. The second-order valence-corrected chi connectivity index (χ2v) is 5.81. The first-order chi connectivity index (χ1) is 10.3. The first-order valence-corrected chi connectivity index (χ1v) is 7.68. The molecule has 1 aliphatic rings. The number of aliphatic hydroxyl groups excluding tert-OH is 1. The van der Waals surface area contributed by atoms with Crippen LogP contribution in [0.1, 0.15) is 42.1 Å². The minimum atomic E-state index is -0.399. The average Bonchev–Trinajstić information content (AvgIpc) is 2.55. The molecule has 3 unspecified atom stereocenters. The van der Waals surface area contributed by atoms with Crippen LogP contribution in [0.5, 0.6) is 0 Å². The van der Waals surface area contributed by atoms with E-state index in [1.807, 2.05) is 24.3 Å². The lowest BCUT2D eigenvalue weighted by Crippen LogP contribution is -2.24. The van der Waals surface area contributed by atoms with Gasteiger partial charge in [-0.3, -0.25) is 0 Å². The summed E-state index contributed by atoms with van der Waals surface area (Å²) in [6.45, 7) is 2.82. The van der Waals surface area contributed by atoms with Crippen molar-refractivity contribution in [3.8, 4) is 0 Å². The van der Waals surface area contributed by atoms with Gasteiger partial charge in [-0.15, -0.1) is 0 Å². The Hall–Kier alpha value is -1.64. The summed E-state index contributed by atoms with van der Waals surface area (Å²) in [6, 6.07) is 18.6. The molecule has 0 saturated heterocycles. The quantitative estimate of drug-likeness (QED) is 0.923. The number of fused-ring (bicyclic) bond motifs is 1. The number of aliphatic hydroxyl groups is 1. The number of hydrogen-bond donors (Lipinski definition) is 1. The number of hydrogen-bond acceptors (Lipinski definition) is 2. The van der Waals surface area contributed by atoms with Crippen LogP contribution < -0.4 is 0 Å².